The lowest BCUT2D eigenvalue weighted by molar-refractivity contribution is -0.140. The first kappa shape index (κ1) is 9.30. The predicted octanol–water partition coefficient (Wildman–Crippen LogP) is 2.60. The van der Waals surface area contributed by atoms with E-state index in [1.807, 2.05) is 6.92 Å². The number of rotatable bonds is 3. The van der Waals surface area contributed by atoms with Gasteiger partial charge in [-0.3, -0.25) is 4.79 Å². The lowest BCUT2D eigenvalue weighted by Gasteiger charge is -2.18. The Morgan fingerprint density at radius 3 is 2.83 bits per heavy atom. The molecule has 1 atom stereocenters. The molecular formula is C10H16O2. The van der Waals surface area contributed by atoms with Crippen molar-refractivity contribution in [1.29, 1.82) is 0 Å². The Morgan fingerprint density at radius 1 is 1.67 bits per heavy atom. The molecule has 68 valence electrons. The molecule has 0 radical (unpaired) electrons. The summed E-state index contributed by atoms with van der Waals surface area (Å²) in [5, 5.41) is 8.88. The zero-order chi connectivity index (χ0) is 8.97. The highest BCUT2D eigenvalue weighted by Gasteiger charge is 2.20. The lowest BCUT2D eigenvalue weighted by atomic mass is 9.88. The van der Waals surface area contributed by atoms with E-state index in [2.05, 4.69) is 6.08 Å². The van der Waals surface area contributed by atoms with E-state index in [4.69, 9.17) is 5.11 Å². The number of hydrogen-bond acceptors (Lipinski definition) is 1. The van der Waals surface area contributed by atoms with E-state index in [1.54, 1.807) is 0 Å². The van der Waals surface area contributed by atoms with Crippen molar-refractivity contribution in [3.8, 4) is 0 Å². The molecule has 0 aromatic rings. The van der Waals surface area contributed by atoms with Gasteiger partial charge in [-0.25, -0.2) is 0 Å². The van der Waals surface area contributed by atoms with Crippen molar-refractivity contribution in [3.05, 3.63) is 11.6 Å². The monoisotopic (exact) mass is 168 g/mol. The molecule has 0 fully saturated rings. The Balaban J connectivity index is 2.64. The molecular weight excluding hydrogens is 152 g/mol. The zero-order valence-corrected chi connectivity index (χ0v) is 7.55. The van der Waals surface area contributed by atoms with E-state index < -0.39 is 5.97 Å². The van der Waals surface area contributed by atoms with Gasteiger partial charge in [0.05, 0.1) is 5.92 Å². The molecule has 2 heteroatoms. The molecule has 1 aliphatic rings. The highest BCUT2D eigenvalue weighted by molar-refractivity contribution is 5.73. The minimum absolute atomic E-state index is 0.217. The van der Waals surface area contributed by atoms with E-state index in [1.165, 1.54) is 6.42 Å². The molecule has 0 aliphatic heterocycles. The molecule has 0 saturated heterocycles. The van der Waals surface area contributed by atoms with Crippen molar-refractivity contribution < 1.29 is 9.90 Å². The van der Waals surface area contributed by atoms with Crippen molar-refractivity contribution >= 4 is 5.97 Å². The molecule has 0 bridgehead atoms. The highest BCUT2D eigenvalue weighted by Crippen LogP contribution is 2.26. The normalized spacial score (nSPS) is 19.9. The molecule has 0 aromatic carbocycles. The molecule has 12 heavy (non-hydrogen) atoms. The second kappa shape index (κ2) is 4.29. The fourth-order valence-corrected chi connectivity index (χ4v) is 1.77. The van der Waals surface area contributed by atoms with E-state index >= 15 is 0 Å². The van der Waals surface area contributed by atoms with E-state index in [-0.39, 0.29) is 5.92 Å². The van der Waals surface area contributed by atoms with Gasteiger partial charge >= 0.3 is 5.97 Å². The Morgan fingerprint density at radius 2 is 2.42 bits per heavy atom. The number of hydrogen-bond donors (Lipinski definition) is 1. The van der Waals surface area contributed by atoms with Gasteiger partial charge in [0.15, 0.2) is 0 Å². The average molecular weight is 168 g/mol. The minimum atomic E-state index is -0.661. The van der Waals surface area contributed by atoms with Crippen LogP contribution in [0.4, 0.5) is 0 Å². The van der Waals surface area contributed by atoms with Crippen molar-refractivity contribution in [1.82, 2.24) is 0 Å². The SMILES string of the molecule is CCC(C(=O)O)C1=CCCCC1. The van der Waals surface area contributed by atoms with Crippen LogP contribution in [-0.4, -0.2) is 11.1 Å². The molecule has 0 aromatic heterocycles. The van der Waals surface area contributed by atoms with Crippen LogP contribution in [0.15, 0.2) is 11.6 Å². The van der Waals surface area contributed by atoms with Gasteiger partial charge < -0.3 is 5.11 Å². The second-order valence-electron chi connectivity index (χ2n) is 3.32. The maximum Gasteiger partial charge on any atom is 0.310 e. The standard InChI is InChI=1S/C10H16O2/c1-2-9(10(11)12)8-6-4-3-5-7-8/h6,9H,2-5,7H2,1H3,(H,11,12). The van der Waals surface area contributed by atoms with Crippen LogP contribution in [0.2, 0.25) is 0 Å². The lowest BCUT2D eigenvalue weighted by Crippen LogP contribution is -2.16. The Bertz CT molecular complexity index is 194. The van der Waals surface area contributed by atoms with Gasteiger partial charge in [-0.2, -0.15) is 0 Å². The van der Waals surface area contributed by atoms with Crippen molar-refractivity contribution in [3.63, 3.8) is 0 Å². The zero-order valence-electron chi connectivity index (χ0n) is 7.55. The highest BCUT2D eigenvalue weighted by atomic mass is 16.4. The fourth-order valence-electron chi connectivity index (χ4n) is 1.77. The van der Waals surface area contributed by atoms with Crippen molar-refractivity contribution in [2.75, 3.05) is 0 Å². The second-order valence-corrected chi connectivity index (χ2v) is 3.32. The van der Waals surface area contributed by atoms with Gasteiger partial charge in [-0.05, 0) is 32.1 Å². The summed E-state index contributed by atoms with van der Waals surface area (Å²) in [6.07, 6.45) is 7.28. The molecule has 1 aliphatic carbocycles. The van der Waals surface area contributed by atoms with Gasteiger partial charge in [0.2, 0.25) is 0 Å². The van der Waals surface area contributed by atoms with Crippen LogP contribution >= 0.6 is 0 Å². The number of allylic oxidation sites excluding steroid dienone is 1. The smallest absolute Gasteiger partial charge is 0.310 e. The van der Waals surface area contributed by atoms with Crippen LogP contribution in [0.3, 0.4) is 0 Å². The van der Waals surface area contributed by atoms with E-state index in [0.29, 0.717) is 0 Å². The molecule has 0 saturated carbocycles. The largest absolute Gasteiger partial charge is 0.481 e. The summed E-state index contributed by atoms with van der Waals surface area (Å²) >= 11 is 0. The number of carboxylic acid groups (broad SMARTS) is 1. The predicted molar refractivity (Wildman–Crippen MR) is 48.0 cm³/mol. The Labute approximate surface area is 73.3 Å². The van der Waals surface area contributed by atoms with Crippen LogP contribution in [-0.2, 0) is 4.79 Å². The first-order valence-electron chi connectivity index (χ1n) is 4.67. The third kappa shape index (κ3) is 2.10. The van der Waals surface area contributed by atoms with Crippen molar-refractivity contribution in [2.24, 2.45) is 5.92 Å². The molecule has 1 N–H and O–H groups in total. The van der Waals surface area contributed by atoms with Crippen LogP contribution in [0.5, 0.6) is 0 Å². The van der Waals surface area contributed by atoms with Gasteiger partial charge in [-0.15, -0.1) is 0 Å². The van der Waals surface area contributed by atoms with Gasteiger partial charge in [0.25, 0.3) is 0 Å². The first-order valence-corrected chi connectivity index (χ1v) is 4.67. The minimum Gasteiger partial charge on any atom is -0.481 e. The van der Waals surface area contributed by atoms with Crippen LogP contribution in [0.25, 0.3) is 0 Å². The Kier molecular flexibility index (Phi) is 3.32. The average Bonchev–Trinajstić information content (AvgIpc) is 2.07. The summed E-state index contributed by atoms with van der Waals surface area (Å²) in [4.78, 5) is 10.8. The van der Waals surface area contributed by atoms with E-state index in [9.17, 15) is 4.79 Å². The summed E-state index contributed by atoms with van der Waals surface area (Å²) in [6, 6.07) is 0. The summed E-state index contributed by atoms with van der Waals surface area (Å²) in [7, 11) is 0. The maximum atomic E-state index is 10.8. The van der Waals surface area contributed by atoms with Gasteiger partial charge in [0, 0.05) is 0 Å². The topological polar surface area (TPSA) is 37.3 Å². The quantitative estimate of drug-likeness (QED) is 0.658. The Hall–Kier alpha value is -0.790. The maximum absolute atomic E-state index is 10.8. The number of carbonyl (C=O) groups is 1. The van der Waals surface area contributed by atoms with E-state index in [0.717, 1.165) is 31.3 Å². The van der Waals surface area contributed by atoms with Crippen LogP contribution < -0.4 is 0 Å². The molecule has 1 rings (SSSR count). The summed E-state index contributed by atoms with van der Waals surface area (Å²) in [6.45, 7) is 1.94. The van der Waals surface area contributed by atoms with Gasteiger partial charge in [-0.1, -0.05) is 18.6 Å². The van der Waals surface area contributed by atoms with Crippen LogP contribution in [0.1, 0.15) is 39.0 Å². The fraction of sp³-hybridized carbons (Fsp3) is 0.700. The summed E-state index contributed by atoms with van der Waals surface area (Å²) < 4.78 is 0. The molecule has 0 amide bonds. The number of carboxylic acids is 1. The molecule has 1 unspecified atom stereocenters. The first-order chi connectivity index (χ1) is 5.75. The molecule has 0 spiro atoms. The number of aliphatic carboxylic acids is 1. The van der Waals surface area contributed by atoms with Crippen LogP contribution in [0, 0.1) is 5.92 Å². The summed E-state index contributed by atoms with van der Waals surface area (Å²) in [5.41, 5.74) is 1.15. The van der Waals surface area contributed by atoms with Crippen molar-refractivity contribution in [2.45, 2.75) is 39.0 Å². The molecule has 0 heterocycles. The van der Waals surface area contributed by atoms with Gasteiger partial charge in [0.1, 0.15) is 0 Å². The summed E-state index contributed by atoms with van der Waals surface area (Å²) in [5.74, 6) is -0.879. The third-order valence-corrected chi connectivity index (χ3v) is 2.48. The third-order valence-electron chi connectivity index (χ3n) is 2.48. The molecule has 2 nitrogen and oxygen atoms in total.